The third kappa shape index (κ3) is 2.87. The normalized spacial score (nSPS) is 13.6. The molecule has 0 amide bonds. The summed E-state index contributed by atoms with van der Waals surface area (Å²) in [7, 11) is 2.08. The van der Waals surface area contributed by atoms with E-state index in [-0.39, 0.29) is 5.56 Å². The highest BCUT2D eigenvalue weighted by Gasteiger charge is 2.15. The summed E-state index contributed by atoms with van der Waals surface area (Å²) >= 11 is 1.52. The van der Waals surface area contributed by atoms with Gasteiger partial charge in [-0.15, -0.1) is 11.3 Å². The molecule has 0 saturated carbocycles. The minimum absolute atomic E-state index is 0.0179. The molecular formula is C14H21N3OS. The summed E-state index contributed by atoms with van der Waals surface area (Å²) in [5.41, 5.74) is 1.82. The molecular weight excluding hydrogens is 258 g/mol. The van der Waals surface area contributed by atoms with Crippen molar-refractivity contribution in [2.75, 3.05) is 7.05 Å². The van der Waals surface area contributed by atoms with Crippen molar-refractivity contribution >= 4 is 16.3 Å². The smallest absolute Gasteiger partial charge is 0.259 e. The first kappa shape index (κ1) is 14.2. The molecule has 0 saturated heterocycles. The molecule has 5 heteroatoms. The van der Waals surface area contributed by atoms with E-state index < -0.39 is 0 Å². The Kier molecular flexibility index (Phi) is 4.06. The van der Waals surface area contributed by atoms with Crippen molar-refractivity contribution in [1.82, 2.24) is 14.3 Å². The summed E-state index contributed by atoms with van der Waals surface area (Å²) in [5.74, 6) is 0.582. The minimum atomic E-state index is 0.0179. The summed E-state index contributed by atoms with van der Waals surface area (Å²) in [6, 6.07) is 2.11. The van der Waals surface area contributed by atoms with Crippen LogP contribution in [0.5, 0.6) is 0 Å². The van der Waals surface area contributed by atoms with Gasteiger partial charge in [0, 0.05) is 29.7 Å². The van der Waals surface area contributed by atoms with Crippen molar-refractivity contribution in [2.45, 2.75) is 40.3 Å². The van der Waals surface area contributed by atoms with Crippen LogP contribution in [0.1, 0.15) is 32.2 Å². The zero-order chi connectivity index (χ0) is 14.2. The lowest BCUT2D eigenvalue weighted by molar-refractivity contribution is 0.198. The molecule has 2 rings (SSSR count). The summed E-state index contributed by atoms with van der Waals surface area (Å²) in [6.45, 7) is 9.25. The highest BCUT2D eigenvalue weighted by Crippen LogP contribution is 2.14. The van der Waals surface area contributed by atoms with Gasteiger partial charge in [-0.2, -0.15) is 0 Å². The van der Waals surface area contributed by atoms with Gasteiger partial charge in [0.1, 0.15) is 0 Å². The second-order valence-corrected chi connectivity index (χ2v) is 6.32. The Morgan fingerprint density at radius 1 is 1.42 bits per heavy atom. The molecule has 4 nitrogen and oxygen atoms in total. The first-order valence-corrected chi connectivity index (χ1v) is 7.45. The Balaban J connectivity index is 2.29. The van der Waals surface area contributed by atoms with E-state index in [0.29, 0.717) is 18.5 Å². The maximum atomic E-state index is 12.1. The number of aryl methyl sites for hydroxylation is 1. The molecule has 104 valence electrons. The van der Waals surface area contributed by atoms with Crippen molar-refractivity contribution < 1.29 is 0 Å². The first-order valence-electron chi connectivity index (χ1n) is 6.57. The van der Waals surface area contributed by atoms with Crippen molar-refractivity contribution in [3.05, 3.63) is 33.2 Å². The summed E-state index contributed by atoms with van der Waals surface area (Å²) in [5, 5.41) is 1.97. The molecule has 0 spiro atoms. The van der Waals surface area contributed by atoms with Crippen molar-refractivity contribution in [1.29, 1.82) is 0 Å². The molecule has 0 N–H and O–H groups in total. The van der Waals surface area contributed by atoms with E-state index in [1.165, 1.54) is 11.3 Å². The summed E-state index contributed by atoms with van der Waals surface area (Å²) in [4.78, 5) is 19.7. The number of fused-ring (bicyclic) bond motifs is 1. The Morgan fingerprint density at radius 2 is 2.11 bits per heavy atom. The Labute approximate surface area is 117 Å². The topological polar surface area (TPSA) is 37.6 Å². The second kappa shape index (κ2) is 5.43. The van der Waals surface area contributed by atoms with Gasteiger partial charge >= 0.3 is 0 Å². The minimum Gasteiger partial charge on any atom is -0.298 e. The monoisotopic (exact) mass is 279 g/mol. The lowest BCUT2D eigenvalue weighted by atomic mass is 10.1. The highest BCUT2D eigenvalue weighted by atomic mass is 32.1. The number of hydrogen-bond donors (Lipinski definition) is 0. The van der Waals surface area contributed by atoms with Crippen molar-refractivity contribution in [3.63, 3.8) is 0 Å². The number of thiazole rings is 1. The van der Waals surface area contributed by atoms with Crippen LogP contribution in [-0.4, -0.2) is 27.4 Å². The maximum absolute atomic E-state index is 12.1. The van der Waals surface area contributed by atoms with Gasteiger partial charge in [0.2, 0.25) is 0 Å². The van der Waals surface area contributed by atoms with Gasteiger partial charge in [0.25, 0.3) is 5.56 Å². The standard InChI is InChI=1S/C14H21N3OS/c1-9(2)11(4)16(5)7-12-6-13(18)17-10(3)8-19-14(17)15-12/h6,8-9,11H,7H2,1-5H3. The molecule has 19 heavy (non-hydrogen) atoms. The van der Waals surface area contributed by atoms with E-state index in [1.807, 2.05) is 12.3 Å². The van der Waals surface area contributed by atoms with Gasteiger partial charge in [-0.1, -0.05) is 13.8 Å². The predicted molar refractivity (Wildman–Crippen MR) is 79.8 cm³/mol. The van der Waals surface area contributed by atoms with Crippen LogP contribution in [0.3, 0.4) is 0 Å². The molecule has 0 aliphatic heterocycles. The van der Waals surface area contributed by atoms with Crippen LogP contribution in [0.25, 0.3) is 4.96 Å². The average molecular weight is 279 g/mol. The van der Waals surface area contributed by atoms with Crippen LogP contribution < -0.4 is 5.56 Å². The number of aromatic nitrogens is 2. The zero-order valence-electron chi connectivity index (χ0n) is 12.2. The molecule has 1 atom stereocenters. The molecule has 0 aromatic carbocycles. The Bertz CT molecular complexity index is 629. The van der Waals surface area contributed by atoms with E-state index in [2.05, 4.69) is 37.7 Å². The number of nitrogens with zero attached hydrogens (tertiary/aromatic N) is 3. The van der Waals surface area contributed by atoms with E-state index in [9.17, 15) is 4.79 Å². The molecule has 2 aromatic rings. The quantitative estimate of drug-likeness (QED) is 0.863. The van der Waals surface area contributed by atoms with Gasteiger partial charge in [-0.05, 0) is 26.8 Å². The third-order valence-electron chi connectivity index (χ3n) is 3.70. The molecule has 2 aromatic heterocycles. The van der Waals surface area contributed by atoms with Gasteiger partial charge in [-0.3, -0.25) is 14.1 Å². The first-order chi connectivity index (χ1) is 8.90. The van der Waals surface area contributed by atoms with Crippen molar-refractivity contribution in [2.24, 2.45) is 5.92 Å². The maximum Gasteiger partial charge on any atom is 0.259 e. The Morgan fingerprint density at radius 3 is 2.74 bits per heavy atom. The fourth-order valence-corrected chi connectivity index (χ4v) is 2.98. The summed E-state index contributed by atoms with van der Waals surface area (Å²) in [6.07, 6.45) is 0. The lowest BCUT2D eigenvalue weighted by Gasteiger charge is -2.27. The molecule has 0 fully saturated rings. The molecule has 1 unspecified atom stereocenters. The second-order valence-electron chi connectivity index (χ2n) is 5.48. The predicted octanol–water partition coefficient (Wildman–Crippen LogP) is 2.54. The van der Waals surface area contributed by atoms with Crippen LogP contribution in [0.2, 0.25) is 0 Å². The van der Waals surface area contributed by atoms with Crippen LogP contribution in [0.4, 0.5) is 0 Å². The number of hydrogen-bond acceptors (Lipinski definition) is 4. The van der Waals surface area contributed by atoms with Crippen molar-refractivity contribution in [3.8, 4) is 0 Å². The van der Waals surface area contributed by atoms with Gasteiger partial charge < -0.3 is 0 Å². The summed E-state index contributed by atoms with van der Waals surface area (Å²) < 4.78 is 1.67. The highest BCUT2D eigenvalue weighted by molar-refractivity contribution is 7.15. The van der Waals surface area contributed by atoms with Gasteiger partial charge in [0.05, 0.1) is 5.69 Å². The lowest BCUT2D eigenvalue weighted by Crippen LogP contribution is -2.33. The Hall–Kier alpha value is -1.20. The average Bonchev–Trinajstić information content (AvgIpc) is 2.70. The van der Waals surface area contributed by atoms with Crippen LogP contribution in [0, 0.1) is 12.8 Å². The zero-order valence-corrected chi connectivity index (χ0v) is 13.0. The van der Waals surface area contributed by atoms with Crippen LogP contribution in [-0.2, 0) is 6.54 Å². The molecule has 0 bridgehead atoms. The van der Waals surface area contributed by atoms with E-state index in [4.69, 9.17) is 0 Å². The molecule has 0 radical (unpaired) electrons. The van der Waals surface area contributed by atoms with Gasteiger partial charge in [-0.25, -0.2) is 4.98 Å². The van der Waals surface area contributed by atoms with Crippen LogP contribution in [0.15, 0.2) is 16.2 Å². The largest absolute Gasteiger partial charge is 0.298 e. The molecule has 0 aliphatic carbocycles. The number of rotatable bonds is 4. The molecule has 2 heterocycles. The fourth-order valence-electron chi connectivity index (χ4n) is 2.09. The fraction of sp³-hybridized carbons (Fsp3) is 0.571. The SMILES string of the molecule is Cc1csc2nc(CN(C)C(C)C(C)C)cc(=O)n12. The van der Waals surface area contributed by atoms with Crippen LogP contribution >= 0.6 is 11.3 Å². The van der Waals surface area contributed by atoms with E-state index >= 15 is 0 Å². The van der Waals surface area contributed by atoms with E-state index in [0.717, 1.165) is 16.3 Å². The third-order valence-corrected chi connectivity index (χ3v) is 4.64. The van der Waals surface area contributed by atoms with E-state index in [1.54, 1.807) is 10.5 Å². The van der Waals surface area contributed by atoms with Gasteiger partial charge in [0.15, 0.2) is 4.96 Å². The molecule has 0 aliphatic rings.